The number of nitrogens with one attached hydrogen (secondary N) is 1. The summed E-state index contributed by atoms with van der Waals surface area (Å²) in [7, 11) is 0. The first-order chi connectivity index (χ1) is 10.3. The normalized spacial score (nSPS) is 35.9. The Labute approximate surface area is 127 Å². The zero-order valence-electron chi connectivity index (χ0n) is 12.9. The number of carbonyl (C=O) groups excluding carboxylic acids is 1. The molecule has 3 unspecified atom stereocenters. The van der Waals surface area contributed by atoms with Gasteiger partial charge in [-0.25, -0.2) is 4.79 Å². The van der Waals surface area contributed by atoms with Gasteiger partial charge in [0.1, 0.15) is 0 Å². The van der Waals surface area contributed by atoms with Gasteiger partial charge in [0.05, 0.1) is 18.2 Å². The topological polar surface area (TPSA) is 41.6 Å². The second-order valence-corrected chi connectivity index (χ2v) is 7.55. The van der Waals surface area contributed by atoms with E-state index in [1.807, 2.05) is 0 Å². The molecule has 2 bridgehead atoms. The molecule has 4 heteroatoms. The largest absolute Gasteiger partial charge is 0.373 e. The van der Waals surface area contributed by atoms with Crippen LogP contribution < -0.4 is 5.32 Å². The minimum Gasteiger partial charge on any atom is -0.373 e. The Hall–Kier alpha value is -0.770. The Kier molecular flexibility index (Phi) is 3.82. The Balaban J connectivity index is 1.38. The molecular weight excluding hydrogens is 264 g/mol. The lowest BCUT2D eigenvalue weighted by atomic mass is 9.93. The number of carbonyl (C=O) groups is 1. The van der Waals surface area contributed by atoms with Gasteiger partial charge in [-0.2, -0.15) is 0 Å². The first-order valence-electron chi connectivity index (χ1n) is 9.02. The first kappa shape index (κ1) is 13.9. The summed E-state index contributed by atoms with van der Waals surface area (Å²) < 4.78 is 5.87. The lowest BCUT2D eigenvalue weighted by molar-refractivity contribution is 0.0952. The predicted octanol–water partition coefficient (Wildman–Crippen LogP) is 3.06. The maximum absolute atomic E-state index is 12.8. The van der Waals surface area contributed by atoms with Crippen LogP contribution in [0, 0.1) is 5.92 Å². The third kappa shape index (κ3) is 3.05. The monoisotopic (exact) mass is 292 g/mol. The molecule has 4 nitrogen and oxygen atoms in total. The molecule has 0 aromatic rings. The SMILES string of the molecule is O=C(NC1CC2CCC1O2)N(CC1CC1)C1CCCCC1. The van der Waals surface area contributed by atoms with Crippen LogP contribution in [0.25, 0.3) is 0 Å². The van der Waals surface area contributed by atoms with E-state index in [1.54, 1.807) is 0 Å². The van der Waals surface area contributed by atoms with Gasteiger partial charge >= 0.3 is 6.03 Å². The Bertz CT molecular complexity index is 390. The lowest BCUT2D eigenvalue weighted by Crippen LogP contribution is -2.52. The summed E-state index contributed by atoms with van der Waals surface area (Å²) in [6.07, 6.45) is 13.0. The molecule has 3 atom stereocenters. The molecule has 2 saturated carbocycles. The van der Waals surface area contributed by atoms with E-state index >= 15 is 0 Å². The van der Waals surface area contributed by atoms with Gasteiger partial charge in [-0.3, -0.25) is 0 Å². The standard InChI is InChI=1S/C17H28N2O2/c20-17(18-15-10-14-8-9-16(15)21-14)19(11-12-6-7-12)13-4-2-1-3-5-13/h12-16H,1-11H2,(H,18,20). The Morgan fingerprint density at radius 3 is 2.48 bits per heavy atom. The molecule has 2 amide bonds. The fourth-order valence-corrected chi connectivity index (χ4v) is 4.40. The highest BCUT2D eigenvalue weighted by Crippen LogP contribution is 2.35. The Morgan fingerprint density at radius 2 is 1.86 bits per heavy atom. The molecule has 1 N–H and O–H groups in total. The van der Waals surface area contributed by atoms with Crippen molar-refractivity contribution in [3.8, 4) is 0 Å². The van der Waals surface area contributed by atoms with E-state index in [-0.39, 0.29) is 18.2 Å². The zero-order valence-corrected chi connectivity index (χ0v) is 12.9. The first-order valence-corrected chi connectivity index (χ1v) is 9.02. The maximum atomic E-state index is 12.8. The number of amides is 2. The molecule has 4 aliphatic rings. The lowest BCUT2D eigenvalue weighted by Gasteiger charge is -2.36. The van der Waals surface area contributed by atoms with Crippen molar-refractivity contribution in [1.29, 1.82) is 0 Å². The summed E-state index contributed by atoms with van der Waals surface area (Å²) in [5.74, 6) is 0.772. The number of ether oxygens (including phenoxy) is 1. The molecule has 118 valence electrons. The van der Waals surface area contributed by atoms with Crippen LogP contribution in [0.1, 0.15) is 64.2 Å². The smallest absolute Gasteiger partial charge is 0.317 e. The van der Waals surface area contributed by atoms with Gasteiger partial charge < -0.3 is 15.0 Å². The number of rotatable bonds is 4. The summed E-state index contributed by atoms with van der Waals surface area (Å²) in [6, 6.07) is 0.940. The van der Waals surface area contributed by atoms with Crippen molar-refractivity contribution < 1.29 is 9.53 Å². The van der Waals surface area contributed by atoms with E-state index in [9.17, 15) is 4.79 Å². The molecule has 4 rings (SSSR count). The number of hydrogen-bond donors (Lipinski definition) is 1. The fraction of sp³-hybridized carbons (Fsp3) is 0.941. The van der Waals surface area contributed by atoms with Crippen LogP contribution >= 0.6 is 0 Å². The van der Waals surface area contributed by atoms with Crippen LogP contribution in [0.2, 0.25) is 0 Å². The van der Waals surface area contributed by atoms with Crippen molar-refractivity contribution in [2.24, 2.45) is 5.92 Å². The van der Waals surface area contributed by atoms with Crippen LogP contribution in [0.15, 0.2) is 0 Å². The van der Waals surface area contributed by atoms with Crippen molar-refractivity contribution in [3.05, 3.63) is 0 Å². The summed E-state index contributed by atoms with van der Waals surface area (Å²) in [5.41, 5.74) is 0. The third-order valence-electron chi connectivity index (χ3n) is 5.84. The maximum Gasteiger partial charge on any atom is 0.317 e. The molecule has 0 aromatic heterocycles. The van der Waals surface area contributed by atoms with Gasteiger partial charge in [-0.05, 0) is 50.9 Å². The molecule has 2 saturated heterocycles. The van der Waals surface area contributed by atoms with Crippen molar-refractivity contribution >= 4 is 6.03 Å². The average Bonchev–Trinajstić information content (AvgIpc) is 3.10. The van der Waals surface area contributed by atoms with Gasteiger partial charge in [-0.1, -0.05) is 19.3 Å². The molecule has 2 heterocycles. The van der Waals surface area contributed by atoms with Gasteiger partial charge in [0.25, 0.3) is 0 Å². The van der Waals surface area contributed by atoms with E-state index in [4.69, 9.17) is 4.74 Å². The number of hydrogen-bond acceptors (Lipinski definition) is 2. The minimum atomic E-state index is 0.190. The second kappa shape index (κ2) is 5.79. The molecule has 0 spiro atoms. The highest BCUT2D eigenvalue weighted by Gasteiger charge is 2.42. The van der Waals surface area contributed by atoms with Crippen molar-refractivity contribution in [1.82, 2.24) is 10.2 Å². The highest BCUT2D eigenvalue weighted by atomic mass is 16.5. The number of urea groups is 1. The van der Waals surface area contributed by atoms with E-state index in [0.29, 0.717) is 12.1 Å². The molecule has 2 aliphatic heterocycles. The molecule has 0 aromatic carbocycles. The van der Waals surface area contributed by atoms with Crippen molar-refractivity contribution in [2.75, 3.05) is 6.54 Å². The van der Waals surface area contributed by atoms with E-state index in [1.165, 1.54) is 51.4 Å². The van der Waals surface area contributed by atoms with E-state index < -0.39 is 0 Å². The summed E-state index contributed by atoms with van der Waals surface area (Å²) in [4.78, 5) is 15.0. The highest BCUT2D eigenvalue weighted by molar-refractivity contribution is 5.75. The van der Waals surface area contributed by atoms with Gasteiger partial charge in [0, 0.05) is 12.6 Å². The second-order valence-electron chi connectivity index (χ2n) is 7.55. The zero-order chi connectivity index (χ0) is 14.2. The van der Waals surface area contributed by atoms with Gasteiger partial charge in [0.15, 0.2) is 0 Å². The molecule has 0 radical (unpaired) electrons. The van der Waals surface area contributed by atoms with Crippen molar-refractivity contribution in [2.45, 2.75) is 88.5 Å². The number of fused-ring (bicyclic) bond motifs is 2. The van der Waals surface area contributed by atoms with Crippen LogP contribution in [-0.4, -0.2) is 41.8 Å². The van der Waals surface area contributed by atoms with E-state index in [0.717, 1.165) is 25.3 Å². The molecule has 4 fully saturated rings. The van der Waals surface area contributed by atoms with Crippen LogP contribution in [0.4, 0.5) is 4.79 Å². The fourth-order valence-electron chi connectivity index (χ4n) is 4.40. The minimum absolute atomic E-state index is 0.190. The van der Waals surface area contributed by atoms with Crippen LogP contribution in [0.3, 0.4) is 0 Å². The van der Waals surface area contributed by atoms with Crippen LogP contribution in [-0.2, 0) is 4.74 Å². The third-order valence-corrected chi connectivity index (χ3v) is 5.84. The van der Waals surface area contributed by atoms with E-state index in [2.05, 4.69) is 10.2 Å². The van der Waals surface area contributed by atoms with Crippen LogP contribution in [0.5, 0.6) is 0 Å². The molecular formula is C17H28N2O2. The van der Waals surface area contributed by atoms with Crippen molar-refractivity contribution in [3.63, 3.8) is 0 Å². The number of nitrogens with zero attached hydrogens (tertiary/aromatic N) is 1. The summed E-state index contributed by atoms with van der Waals surface area (Å²) in [6.45, 7) is 0.984. The average molecular weight is 292 g/mol. The van der Waals surface area contributed by atoms with Gasteiger partial charge in [-0.15, -0.1) is 0 Å². The van der Waals surface area contributed by atoms with Gasteiger partial charge in [0.2, 0.25) is 0 Å². The summed E-state index contributed by atoms with van der Waals surface area (Å²) >= 11 is 0. The Morgan fingerprint density at radius 1 is 1.05 bits per heavy atom. The summed E-state index contributed by atoms with van der Waals surface area (Å²) in [5, 5.41) is 3.30. The molecule has 2 aliphatic carbocycles. The quantitative estimate of drug-likeness (QED) is 0.865. The predicted molar refractivity (Wildman–Crippen MR) is 81.1 cm³/mol. The molecule has 21 heavy (non-hydrogen) atoms.